The highest BCUT2D eigenvalue weighted by Crippen LogP contribution is 2.50. The zero-order valence-electron chi connectivity index (χ0n) is 22.2. The minimum atomic E-state index is -0.679. The van der Waals surface area contributed by atoms with Gasteiger partial charge in [-0.2, -0.15) is 0 Å². The molecule has 4 aromatic rings. The van der Waals surface area contributed by atoms with Crippen LogP contribution >= 0.6 is 15.9 Å². The third-order valence-electron chi connectivity index (χ3n) is 7.46. The van der Waals surface area contributed by atoms with E-state index in [0.29, 0.717) is 56.2 Å². The van der Waals surface area contributed by atoms with Crippen LogP contribution in [0, 0.1) is 0 Å². The second-order valence-corrected chi connectivity index (χ2v) is 10.6. The summed E-state index contributed by atoms with van der Waals surface area (Å²) < 4.78 is 17.8. The fourth-order valence-corrected chi connectivity index (χ4v) is 6.11. The van der Waals surface area contributed by atoms with E-state index in [1.54, 1.807) is 13.2 Å². The van der Waals surface area contributed by atoms with E-state index < -0.39 is 11.9 Å². The summed E-state index contributed by atoms with van der Waals surface area (Å²) in [6.45, 7) is 2.16. The highest BCUT2D eigenvalue weighted by Gasteiger charge is 2.43. The maximum Gasteiger partial charge on any atom is 0.336 e. The van der Waals surface area contributed by atoms with Crippen LogP contribution in [0.3, 0.4) is 0 Å². The average molecular weight is 596 g/mol. The van der Waals surface area contributed by atoms with Gasteiger partial charge >= 0.3 is 5.97 Å². The summed E-state index contributed by atoms with van der Waals surface area (Å²) in [6, 6.07) is 25.5. The van der Waals surface area contributed by atoms with E-state index in [4.69, 9.17) is 14.2 Å². The number of carbonyl (C=O) groups excluding carboxylic acids is 2. The number of ketones is 1. The van der Waals surface area contributed by atoms with E-state index in [1.807, 2.05) is 55.5 Å². The molecular weight excluding hydrogens is 570 g/mol. The van der Waals surface area contributed by atoms with Crippen molar-refractivity contribution in [2.75, 3.05) is 14.2 Å². The lowest BCUT2D eigenvalue weighted by atomic mass is 9.79. The minimum Gasteiger partial charge on any atom is -0.493 e. The number of hydrogen-bond acceptors (Lipinski definition) is 6. The summed E-state index contributed by atoms with van der Waals surface area (Å²) in [5.74, 6) is -0.283. The third kappa shape index (κ3) is 4.27. The van der Waals surface area contributed by atoms with Crippen molar-refractivity contribution >= 4 is 44.2 Å². The second kappa shape index (κ2) is 10.3. The number of hydrogen-bond donors (Lipinski definition) is 1. The van der Waals surface area contributed by atoms with Crippen LogP contribution in [0.1, 0.15) is 39.9 Å². The van der Waals surface area contributed by atoms with E-state index in [9.17, 15) is 9.59 Å². The number of benzene rings is 4. The molecule has 0 saturated carbocycles. The molecule has 1 N–H and O–H groups in total. The summed E-state index contributed by atoms with van der Waals surface area (Å²) in [5.41, 5.74) is 5.34. The number of ether oxygens (including phenoxy) is 3. The SMILES string of the molecule is COC(=O)C1=C(C)NC2=C(C(=O)c3ccccc32)[C@H]1c1cc(OC)c(OCc2ccc3ccccc3c2)cc1Br. The summed E-state index contributed by atoms with van der Waals surface area (Å²) in [7, 11) is 2.91. The Morgan fingerprint density at radius 1 is 0.900 bits per heavy atom. The molecule has 7 heteroatoms. The Hall–Kier alpha value is -4.36. The van der Waals surface area contributed by atoms with Crippen molar-refractivity contribution in [1.82, 2.24) is 5.32 Å². The van der Waals surface area contributed by atoms with Gasteiger partial charge in [0, 0.05) is 26.9 Å². The first-order chi connectivity index (χ1) is 19.4. The molecule has 0 spiro atoms. The largest absolute Gasteiger partial charge is 0.493 e. The lowest BCUT2D eigenvalue weighted by molar-refractivity contribution is -0.136. The zero-order chi connectivity index (χ0) is 28.0. The molecule has 0 saturated heterocycles. The number of halogens is 1. The summed E-state index contributed by atoms with van der Waals surface area (Å²) >= 11 is 3.71. The number of dihydropyridines is 1. The second-order valence-electron chi connectivity index (χ2n) is 9.75. The molecule has 6 rings (SSSR count). The normalized spacial score (nSPS) is 16.0. The summed E-state index contributed by atoms with van der Waals surface area (Å²) in [4.78, 5) is 26.8. The Labute approximate surface area is 240 Å². The molecule has 0 aromatic heterocycles. The van der Waals surface area contributed by atoms with Gasteiger partial charge in [0.15, 0.2) is 17.3 Å². The third-order valence-corrected chi connectivity index (χ3v) is 8.14. The Morgan fingerprint density at radius 2 is 1.62 bits per heavy atom. The molecule has 0 fully saturated rings. The number of allylic oxidation sites excluding steroid dienone is 2. The quantitative estimate of drug-likeness (QED) is 0.244. The van der Waals surface area contributed by atoms with Crippen LogP contribution in [0.5, 0.6) is 11.5 Å². The topological polar surface area (TPSA) is 73.9 Å². The summed E-state index contributed by atoms with van der Waals surface area (Å²) in [6.07, 6.45) is 0. The molecule has 1 aliphatic carbocycles. The van der Waals surface area contributed by atoms with Crippen LogP contribution < -0.4 is 14.8 Å². The number of fused-ring (bicyclic) bond motifs is 3. The van der Waals surface area contributed by atoms with Crippen LogP contribution in [0.25, 0.3) is 16.5 Å². The molecule has 0 bridgehead atoms. The van der Waals surface area contributed by atoms with Gasteiger partial charge in [-0.15, -0.1) is 0 Å². The van der Waals surface area contributed by atoms with Crippen molar-refractivity contribution < 1.29 is 23.8 Å². The Balaban J connectivity index is 1.41. The standard InChI is InChI=1S/C33H26BrNO5/c1-18-28(33(37)39-3)29(30-31(35-18)22-10-6-7-11-23(22)32(30)36)24-15-26(38-2)27(16-25(24)34)40-17-19-12-13-20-8-4-5-9-21(20)14-19/h4-16,29,35H,17H2,1-3H3/t29-/m0/s1. The lowest BCUT2D eigenvalue weighted by Crippen LogP contribution is -2.29. The molecule has 6 nitrogen and oxygen atoms in total. The molecule has 4 aromatic carbocycles. The van der Waals surface area contributed by atoms with E-state index in [-0.39, 0.29) is 5.78 Å². The van der Waals surface area contributed by atoms with Gasteiger partial charge in [-0.25, -0.2) is 4.79 Å². The van der Waals surface area contributed by atoms with E-state index in [1.165, 1.54) is 12.5 Å². The van der Waals surface area contributed by atoms with E-state index >= 15 is 0 Å². The number of esters is 1. The van der Waals surface area contributed by atoms with Crippen molar-refractivity contribution in [1.29, 1.82) is 0 Å². The molecule has 200 valence electrons. The van der Waals surface area contributed by atoms with Gasteiger partial charge in [0.05, 0.1) is 31.4 Å². The predicted molar refractivity (Wildman–Crippen MR) is 157 cm³/mol. The fourth-order valence-electron chi connectivity index (χ4n) is 5.55. The number of methoxy groups -OCH3 is 2. The van der Waals surface area contributed by atoms with Crippen molar-refractivity contribution in [2.24, 2.45) is 0 Å². The predicted octanol–water partition coefficient (Wildman–Crippen LogP) is 6.93. The van der Waals surface area contributed by atoms with E-state index in [0.717, 1.165) is 16.5 Å². The minimum absolute atomic E-state index is 0.125. The molecule has 40 heavy (non-hydrogen) atoms. The molecule has 0 unspecified atom stereocenters. The van der Waals surface area contributed by atoms with E-state index in [2.05, 4.69) is 45.5 Å². The van der Waals surface area contributed by atoms with Crippen LogP contribution in [0.4, 0.5) is 0 Å². The van der Waals surface area contributed by atoms with Gasteiger partial charge in [-0.3, -0.25) is 4.79 Å². The smallest absolute Gasteiger partial charge is 0.336 e. The lowest BCUT2D eigenvalue weighted by Gasteiger charge is -2.30. The maximum atomic E-state index is 13.7. The summed E-state index contributed by atoms with van der Waals surface area (Å²) in [5, 5.41) is 5.61. The number of carbonyl (C=O) groups is 2. The first-order valence-electron chi connectivity index (χ1n) is 12.8. The van der Waals surface area contributed by atoms with Crippen molar-refractivity contribution in [3.05, 3.63) is 122 Å². The van der Waals surface area contributed by atoms with Crippen molar-refractivity contribution in [3.8, 4) is 11.5 Å². The molecular formula is C33H26BrNO5. The number of Topliss-reactive ketones (excluding diaryl/α,β-unsaturated/α-hetero) is 1. The van der Waals surface area contributed by atoms with Crippen molar-refractivity contribution in [2.45, 2.75) is 19.4 Å². The zero-order valence-corrected chi connectivity index (χ0v) is 23.8. The van der Waals surface area contributed by atoms with Crippen LogP contribution in [-0.2, 0) is 16.1 Å². The number of nitrogens with one attached hydrogen (secondary N) is 1. The highest BCUT2D eigenvalue weighted by molar-refractivity contribution is 9.10. The number of rotatable bonds is 6. The molecule has 0 amide bonds. The van der Waals surface area contributed by atoms with Crippen LogP contribution in [-0.4, -0.2) is 26.0 Å². The Morgan fingerprint density at radius 3 is 2.38 bits per heavy atom. The van der Waals surface area contributed by atoms with Gasteiger partial charge in [-0.1, -0.05) is 76.6 Å². The monoisotopic (exact) mass is 595 g/mol. The molecule has 0 radical (unpaired) electrons. The first-order valence-corrected chi connectivity index (χ1v) is 13.6. The molecule has 2 aliphatic rings. The average Bonchev–Trinajstić information content (AvgIpc) is 3.26. The van der Waals surface area contributed by atoms with Gasteiger partial charge in [-0.05, 0) is 47.0 Å². The maximum absolute atomic E-state index is 13.7. The van der Waals surface area contributed by atoms with Gasteiger partial charge in [0.2, 0.25) is 0 Å². The molecule has 1 atom stereocenters. The van der Waals surface area contributed by atoms with Gasteiger partial charge in [0.1, 0.15) is 6.61 Å². The Bertz CT molecular complexity index is 1770. The van der Waals surface area contributed by atoms with Crippen LogP contribution in [0.15, 0.2) is 100 Å². The molecule has 1 aliphatic heterocycles. The fraction of sp³-hybridized carbons (Fsp3) is 0.152. The van der Waals surface area contributed by atoms with Gasteiger partial charge < -0.3 is 19.5 Å². The van der Waals surface area contributed by atoms with Gasteiger partial charge in [0.25, 0.3) is 0 Å². The van der Waals surface area contributed by atoms with Crippen molar-refractivity contribution in [3.63, 3.8) is 0 Å². The first kappa shape index (κ1) is 25.9. The van der Waals surface area contributed by atoms with Crippen LogP contribution in [0.2, 0.25) is 0 Å². The Kier molecular flexibility index (Phi) is 6.68. The highest BCUT2D eigenvalue weighted by atomic mass is 79.9. The molecule has 1 heterocycles.